The Morgan fingerprint density at radius 2 is 1.85 bits per heavy atom. The number of aryl methyl sites for hydroxylation is 2. The van der Waals surface area contributed by atoms with Crippen LogP contribution in [0.3, 0.4) is 0 Å². The summed E-state index contributed by atoms with van der Waals surface area (Å²) in [6, 6.07) is 8.20. The molecule has 0 aliphatic rings. The van der Waals surface area contributed by atoms with Gasteiger partial charge in [0, 0.05) is 6.42 Å². The maximum atomic E-state index is 13.7. The molecule has 1 N–H and O–H groups in total. The predicted molar refractivity (Wildman–Crippen MR) is 74.7 cm³/mol. The first-order valence-corrected chi connectivity index (χ1v) is 6.43. The van der Waals surface area contributed by atoms with Crippen molar-refractivity contribution < 1.29 is 8.78 Å². The summed E-state index contributed by atoms with van der Waals surface area (Å²) in [5.74, 6) is -1.000. The molecule has 0 amide bonds. The van der Waals surface area contributed by atoms with Crippen LogP contribution < -0.4 is 0 Å². The molecule has 1 aromatic heterocycles. The van der Waals surface area contributed by atoms with Gasteiger partial charge >= 0.3 is 0 Å². The van der Waals surface area contributed by atoms with Crippen molar-refractivity contribution in [2.75, 3.05) is 0 Å². The summed E-state index contributed by atoms with van der Waals surface area (Å²) in [5.41, 5.74) is 4.40. The average molecular weight is 272 g/mol. The van der Waals surface area contributed by atoms with Crippen molar-refractivity contribution in [3.63, 3.8) is 0 Å². The molecule has 0 spiro atoms. The molecule has 20 heavy (non-hydrogen) atoms. The van der Waals surface area contributed by atoms with Crippen LogP contribution >= 0.6 is 0 Å². The van der Waals surface area contributed by atoms with Crippen molar-refractivity contribution in [1.29, 1.82) is 0 Å². The van der Waals surface area contributed by atoms with E-state index in [9.17, 15) is 8.78 Å². The lowest BCUT2D eigenvalue weighted by Gasteiger charge is -2.01. The SMILES string of the molecule is Cc1cc2nc(Cc3cccc(F)c3F)[nH]c2cc1C. The number of hydrogen-bond donors (Lipinski definition) is 1. The van der Waals surface area contributed by atoms with E-state index in [-0.39, 0.29) is 6.42 Å². The largest absolute Gasteiger partial charge is 0.342 e. The zero-order valence-corrected chi connectivity index (χ0v) is 11.3. The summed E-state index contributed by atoms with van der Waals surface area (Å²) in [6.07, 6.45) is 0.246. The van der Waals surface area contributed by atoms with Crippen LogP contribution in [0.4, 0.5) is 8.78 Å². The van der Waals surface area contributed by atoms with Gasteiger partial charge in [-0.05, 0) is 48.7 Å². The molecule has 0 aliphatic heterocycles. The number of fused-ring (bicyclic) bond motifs is 1. The van der Waals surface area contributed by atoms with E-state index in [2.05, 4.69) is 9.97 Å². The molecule has 0 fully saturated rings. The van der Waals surface area contributed by atoms with Crippen LogP contribution in [0.1, 0.15) is 22.5 Å². The number of nitrogens with one attached hydrogen (secondary N) is 1. The second kappa shape index (κ2) is 4.71. The van der Waals surface area contributed by atoms with Crippen molar-refractivity contribution >= 4 is 11.0 Å². The van der Waals surface area contributed by atoms with Crippen molar-refractivity contribution in [1.82, 2.24) is 9.97 Å². The van der Waals surface area contributed by atoms with Gasteiger partial charge < -0.3 is 4.98 Å². The number of benzene rings is 2. The van der Waals surface area contributed by atoms with Crippen LogP contribution in [-0.4, -0.2) is 9.97 Å². The van der Waals surface area contributed by atoms with Gasteiger partial charge in [0.2, 0.25) is 0 Å². The van der Waals surface area contributed by atoms with Crippen molar-refractivity contribution in [3.8, 4) is 0 Å². The smallest absolute Gasteiger partial charge is 0.162 e. The van der Waals surface area contributed by atoms with E-state index in [1.54, 1.807) is 6.07 Å². The molecule has 0 bridgehead atoms. The summed E-state index contributed by atoms with van der Waals surface area (Å²) in [7, 11) is 0. The molecular formula is C16H14F2N2. The molecule has 0 saturated heterocycles. The highest BCUT2D eigenvalue weighted by molar-refractivity contribution is 5.77. The molecule has 2 nitrogen and oxygen atoms in total. The number of aromatic nitrogens is 2. The molecule has 1 heterocycles. The molecular weight excluding hydrogens is 258 g/mol. The third-order valence-electron chi connectivity index (χ3n) is 3.54. The van der Waals surface area contributed by atoms with Gasteiger partial charge in [-0.15, -0.1) is 0 Å². The molecule has 3 aromatic rings. The Bertz CT molecular complexity index is 752. The number of halogens is 2. The minimum Gasteiger partial charge on any atom is -0.342 e. The fourth-order valence-electron chi connectivity index (χ4n) is 2.27. The third-order valence-corrected chi connectivity index (χ3v) is 3.54. The maximum Gasteiger partial charge on any atom is 0.162 e. The molecule has 0 saturated carbocycles. The summed E-state index contributed by atoms with van der Waals surface area (Å²) in [5, 5.41) is 0. The highest BCUT2D eigenvalue weighted by Crippen LogP contribution is 2.20. The minimum absolute atomic E-state index is 0.246. The predicted octanol–water partition coefficient (Wildman–Crippen LogP) is 4.05. The molecule has 0 aliphatic carbocycles. The van der Waals surface area contributed by atoms with Gasteiger partial charge in [-0.1, -0.05) is 12.1 Å². The quantitative estimate of drug-likeness (QED) is 0.749. The van der Waals surface area contributed by atoms with Crippen LogP contribution in [0.15, 0.2) is 30.3 Å². The summed E-state index contributed by atoms with van der Waals surface area (Å²) < 4.78 is 26.8. The Kier molecular flexibility index (Phi) is 3.01. The monoisotopic (exact) mass is 272 g/mol. The van der Waals surface area contributed by atoms with Gasteiger partial charge in [-0.25, -0.2) is 13.8 Å². The molecule has 102 valence electrons. The number of imidazole rings is 1. The van der Waals surface area contributed by atoms with E-state index in [4.69, 9.17) is 0 Å². The van der Waals surface area contributed by atoms with E-state index in [0.29, 0.717) is 11.4 Å². The second-order valence-electron chi connectivity index (χ2n) is 5.03. The van der Waals surface area contributed by atoms with Gasteiger partial charge in [-0.2, -0.15) is 0 Å². The lowest BCUT2D eigenvalue weighted by Crippen LogP contribution is -1.97. The van der Waals surface area contributed by atoms with E-state index < -0.39 is 11.6 Å². The number of aromatic amines is 1. The second-order valence-corrected chi connectivity index (χ2v) is 5.03. The van der Waals surface area contributed by atoms with E-state index in [0.717, 1.165) is 22.7 Å². The normalized spacial score (nSPS) is 11.2. The zero-order valence-electron chi connectivity index (χ0n) is 11.3. The minimum atomic E-state index is -0.828. The first kappa shape index (κ1) is 12.8. The number of rotatable bonds is 2. The highest BCUT2D eigenvalue weighted by Gasteiger charge is 2.11. The first-order valence-electron chi connectivity index (χ1n) is 6.43. The van der Waals surface area contributed by atoms with Crippen LogP contribution in [0.5, 0.6) is 0 Å². The molecule has 4 heteroatoms. The maximum absolute atomic E-state index is 13.7. The molecule has 0 radical (unpaired) electrons. The van der Waals surface area contributed by atoms with Gasteiger partial charge in [0.05, 0.1) is 11.0 Å². The van der Waals surface area contributed by atoms with Crippen molar-refractivity contribution in [3.05, 3.63) is 64.5 Å². The zero-order chi connectivity index (χ0) is 14.3. The van der Waals surface area contributed by atoms with E-state index in [1.165, 1.54) is 11.6 Å². The topological polar surface area (TPSA) is 28.7 Å². The van der Waals surface area contributed by atoms with Crippen LogP contribution in [0.2, 0.25) is 0 Å². The Morgan fingerprint density at radius 1 is 1.10 bits per heavy atom. The standard InChI is InChI=1S/C16H14F2N2/c1-9-6-13-14(7-10(9)2)20-15(19-13)8-11-4-3-5-12(17)16(11)18/h3-7H,8H2,1-2H3,(H,19,20). The molecule has 3 rings (SSSR count). The first-order chi connectivity index (χ1) is 9.54. The Labute approximate surface area is 115 Å². The van der Waals surface area contributed by atoms with Crippen molar-refractivity contribution in [2.45, 2.75) is 20.3 Å². The molecule has 0 unspecified atom stereocenters. The lowest BCUT2D eigenvalue weighted by atomic mass is 10.1. The van der Waals surface area contributed by atoms with E-state index >= 15 is 0 Å². The third kappa shape index (κ3) is 2.18. The van der Waals surface area contributed by atoms with E-state index in [1.807, 2.05) is 26.0 Å². The summed E-state index contributed by atoms with van der Waals surface area (Å²) in [6.45, 7) is 4.05. The Balaban J connectivity index is 2.01. The fraction of sp³-hybridized carbons (Fsp3) is 0.188. The number of hydrogen-bond acceptors (Lipinski definition) is 1. The van der Waals surface area contributed by atoms with Gasteiger partial charge in [0.15, 0.2) is 11.6 Å². The average Bonchev–Trinajstić information content (AvgIpc) is 2.77. The van der Waals surface area contributed by atoms with Crippen LogP contribution in [0.25, 0.3) is 11.0 Å². The Hall–Kier alpha value is -2.23. The fourth-order valence-corrected chi connectivity index (χ4v) is 2.27. The number of nitrogens with zero attached hydrogens (tertiary/aromatic N) is 1. The lowest BCUT2D eigenvalue weighted by molar-refractivity contribution is 0.500. The van der Waals surface area contributed by atoms with Crippen LogP contribution in [-0.2, 0) is 6.42 Å². The summed E-state index contributed by atoms with van der Waals surface area (Å²) in [4.78, 5) is 7.59. The highest BCUT2D eigenvalue weighted by atomic mass is 19.2. The van der Waals surface area contributed by atoms with Gasteiger partial charge in [0.1, 0.15) is 5.82 Å². The van der Waals surface area contributed by atoms with Gasteiger partial charge in [0.25, 0.3) is 0 Å². The Morgan fingerprint density at radius 3 is 2.65 bits per heavy atom. The van der Waals surface area contributed by atoms with Crippen molar-refractivity contribution in [2.24, 2.45) is 0 Å². The molecule has 2 aromatic carbocycles. The summed E-state index contributed by atoms with van der Waals surface area (Å²) >= 11 is 0. The molecule has 0 atom stereocenters. The van der Waals surface area contributed by atoms with Gasteiger partial charge in [-0.3, -0.25) is 0 Å². The van der Waals surface area contributed by atoms with Crippen LogP contribution in [0, 0.1) is 25.5 Å². The number of H-pyrrole nitrogens is 1.